The molecule has 3 nitrogen and oxygen atoms in total. The van der Waals surface area contributed by atoms with Crippen LogP contribution in [0.15, 0.2) is 42.5 Å². The molecule has 2 aromatic rings. The van der Waals surface area contributed by atoms with Crippen molar-refractivity contribution < 1.29 is 13.6 Å². The van der Waals surface area contributed by atoms with Gasteiger partial charge >= 0.3 is 0 Å². The summed E-state index contributed by atoms with van der Waals surface area (Å²) in [5.41, 5.74) is 6.02. The van der Waals surface area contributed by atoms with Gasteiger partial charge in [-0.3, -0.25) is 4.79 Å². The van der Waals surface area contributed by atoms with E-state index in [1.165, 1.54) is 12.1 Å². The molecule has 5 heteroatoms. The summed E-state index contributed by atoms with van der Waals surface area (Å²) in [6.07, 6.45) is 0. The van der Waals surface area contributed by atoms with Crippen LogP contribution in [0, 0.1) is 11.6 Å². The monoisotopic (exact) mass is 248 g/mol. The standard InChI is InChI=1S/C13H10F2N2O/c14-9-4-5-11(15)12(7-9)17-13(18)8-2-1-3-10(16)6-8/h1-7H,16H2,(H,17,18). The Labute approximate surface area is 102 Å². The second-order valence-electron chi connectivity index (χ2n) is 3.70. The lowest BCUT2D eigenvalue weighted by Gasteiger charge is -2.07. The van der Waals surface area contributed by atoms with Crippen LogP contribution in [-0.2, 0) is 0 Å². The van der Waals surface area contributed by atoms with Crippen molar-refractivity contribution in [2.45, 2.75) is 0 Å². The van der Waals surface area contributed by atoms with E-state index in [1.54, 1.807) is 12.1 Å². The molecule has 2 rings (SSSR count). The first-order valence-electron chi connectivity index (χ1n) is 5.18. The predicted molar refractivity (Wildman–Crippen MR) is 65.2 cm³/mol. The smallest absolute Gasteiger partial charge is 0.255 e. The van der Waals surface area contributed by atoms with E-state index in [2.05, 4.69) is 5.32 Å². The van der Waals surface area contributed by atoms with Crippen molar-refractivity contribution in [2.75, 3.05) is 11.1 Å². The third kappa shape index (κ3) is 2.63. The first-order chi connectivity index (χ1) is 8.56. The van der Waals surface area contributed by atoms with Crippen molar-refractivity contribution in [2.24, 2.45) is 0 Å². The van der Waals surface area contributed by atoms with Crippen LogP contribution in [-0.4, -0.2) is 5.91 Å². The third-order valence-electron chi connectivity index (χ3n) is 2.33. The zero-order valence-electron chi connectivity index (χ0n) is 9.28. The number of anilines is 2. The van der Waals surface area contributed by atoms with E-state index in [9.17, 15) is 13.6 Å². The molecule has 0 unspecified atom stereocenters. The fourth-order valence-corrected chi connectivity index (χ4v) is 1.47. The molecule has 0 bridgehead atoms. The van der Waals surface area contributed by atoms with Crippen molar-refractivity contribution in [1.82, 2.24) is 0 Å². The van der Waals surface area contributed by atoms with Gasteiger partial charge in [-0.25, -0.2) is 8.78 Å². The zero-order chi connectivity index (χ0) is 13.1. The van der Waals surface area contributed by atoms with Crippen molar-refractivity contribution in [3.63, 3.8) is 0 Å². The summed E-state index contributed by atoms with van der Waals surface area (Å²) >= 11 is 0. The summed E-state index contributed by atoms with van der Waals surface area (Å²) < 4.78 is 26.2. The normalized spacial score (nSPS) is 10.1. The quantitative estimate of drug-likeness (QED) is 0.803. The molecule has 0 aliphatic rings. The van der Waals surface area contributed by atoms with Gasteiger partial charge in [-0.05, 0) is 30.3 Å². The average Bonchev–Trinajstić information content (AvgIpc) is 2.34. The molecule has 0 fully saturated rings. The second kappa shape index (κ2) is 4.83. The van der Waals surface area contributed by atoms with E-state index >= 15 is 0 Å². The maximum absolute atomic E-state index is 13.3. The van der Waals surface area contributed by atoms with Crippen LogP contribution in [0.1, 0.15) is 10.4 Å². The van der Waals surface area contributed by atoms with Gasteiger partial charge in [-0.2, -0.15) is 0 Å². The number of nitrogens with one attached hydrogen (secondary N) is 1. The van der Waals surface area contributed by atoms with Gasteiger partial charge in [0, 0.05) is 17.3 Å². The highest BCUT2D eigenvalue weighted by molar-refractivity contribution is 6.04. The Kier molecular flexibility index (Phi) is 3.23. The maximum atomic E-state index is 13.3. The van der Waals surface area contributed by atoms with E-state index < -0.39 is 17.5 Å². The molecule has 0 saturated carbocycles. The van der Waals surface area contributed by atoms with Crippen molar-refractivity contribution >= 4 is 17.3 Å². The van der Waals surface area contributed by atoms with Crippen LogP contribution < -0.4 is 11.1 Å². The number of rotatable bonds is 2. The fourth-order valence-electron chi connectivity index (χ4n) is 1.47. The summed E-state index contributed by atoms with van der Waals surface area (Å²) in [6, 6.07) is 9.05. The topological polar surface area (TPSA) is 55.1 Å². The van der Waals surface area contributed by atoms with Gasteiger partial charge in [0.05, 0.1) is 5.69 Å². The number of benzene rings is 2. The Balaban J connectivity index is 2.24. The minimum absolute atomic E-state index is 0.206. The Morgan fingerprint density at radius 2 is 1.89 bits per heavy atom. The Morgan fingerprint density at radius 1 is 1.11 bits per heavy atom. The largest absolute Gasteiger partial charge is 0.399 e. The van der Waals surface area contributed by atoms with Crippen LogP contribution >= 0.6 is 0 Å². The number of nitrogen functional groups attached to an aromatic ring is 1. The number of carbonyl (C=O) groups excluding carboxylic acids is 1. The third-order valence-corrected chi connectivity index (χ3v) is 2.33. The van der Waals surface area contributed by atoms with Gasteiger partial charge in [0.2, 0.25) is 0 Å². The molecule has 92 valence electrons. The molecule has 3 N–H and O–H groups in total. The number of halogens is 2. The molecule has 0 atom stereocenters. The highest BCUT2D eigenvalue weighted by Crippen LogP contribution is 2.17. The summed E-state index contributed by atoms with van der Waals surface area (Å²) in [5, 5.41) is 2.29. The number of hydrogen-bond donors (Lipinski definition) is 2. The van der Waals surface area contributed by atoms with E-state index in [1.807, 2.05) is 0 Å². The van der Waals surface area contributed by atoms with Gasteiger partial charge in [0.1, 0.15) is 11.6 Å². The Morgan fingerprint density at radius 3 is 2.61 bits per heavy atom. The van der Waals surface area contributed by atoms with E-state index in [4.69, 9.17) is 5.73 Å². The van der Waals surface area contributed by atoms with Crippen LogP contribution in [0.25, 0.3) is 0 Å². The van der Waals surface area contributed by atoms with E-state index in [0.717, 1.165) is 18.2 Å². The molecule has 0 saturated heterocycles. The van der Waals surface area contributed by atoms with Gasteiger partial charge < -0.3 is 11.1 Å². The van der Waals surface area contributed by atoms with Gasteiger partial charge in [0.15, 0.2) is 0 Å². The fraction of sp³-hybridized carbons (Fsp3) is 0. The predicted octanol–water partition coefficient (Wildman–Crippen LogP) is 2.80. The number of nitrogens with two attached hydrogens (primary N) is 1. The van der Waals surface area contributed by atoms with Crippen LogP contribution in [0.5, 0.6) is 0 Å². The molecular formula is C13H10F2N2O. The molecule has 0 aliphatic heterocycles. The summed E-state index contributed by atoms with van der Waals surface area (Å²) in [5.74, 6) is -1.88. The molecule has 0 aliphatic carbocycles. The highest BCUT2D eigenvalue weighted by Gasteiger charge is 2.10. The van der Waals surface area contributed by atoms with Crippen LogP contribution in [0.2, 0.25) is 0 Å². The maximum Gasteiger partial charge on any atom is 0.255 e. The molecule has 0 spiro atoms. The zero-order valence-corrected chi connectivity index (χ0v) is 9.28. The lowest BCUT2D eigenvalue weighted by Crippen LogP contribution is -2.13. The second-order valence-corrected chi connectivity index (χ2v) is 3.70. The molecule has 2 aromatic carbocycles. The van der Waals surface area contributed by atoms with Crippen LogP contribution in [0.3, 0.4) is 0 Å². The highest BCUT2D eigenvalue weighted by atomic mass is 19.1. The number of carbonyl (C=O) groups is 1. The molecule has 0 aromatic heterocycles. The van der Waals surface area contributed by atoms with Crippen molar-refractivity contribution in [3.05, 3.63) is 59.7 Å². The first-order valence-corrected chi connectivity index (χ1v) is 5.18. The average molecular weight is 248 g/mol. The van der Waals surface area contributed by atoms with Crippen molar-refractivity contribution in [3.8, 4) is 0 Å². The molecule has 0 heterocycles. The molecule has 0 radical (unpaired) electrons. The Bertz CT molecular complexity index is 599. The lowest BCUT2D eigenvalue weighted by atomic mass is 10.2. The SMILES string of the molecule is Nc1cccc(C(=O)Nc2cc(F)ccc2F)c1. The van der Waals surface area contributed by atoms with E-state index in [0.29, 0.717) is 5.69 Å². The molecular weight excluding hydrogens is 238 g/mol. The summed E-state index contributed by atoms with van der Waals surface area (Å²) in [4.78, 5) is 11.8. The first kappa shape index (κ1) is 12.0. The van der Waals surface area contributed by atoms with Crippen molar-refractivity contribution in [1.29, 1.82) is 0 Å². The number of amides is 1. The summed E-state index contributed by atoms with van der Waals surface area (Å²) in [7, 11) is 0. The summed E-state index contributed by atoms with van der Waals surface area (Å²) in [6.45, 7) is 0. The molecule has 18 heavy (non-hydrogen) atoms. The minimum Gasteiger partial charge on any atom is -0.399 e. The van der Waals surface area contributed by atoms with E-state index in [-0.39, 0.29) is 11.3 Å². The van der Waals surface area contributed by atoms with Gasteiger partial charge in [-0.1, -0.05) is 6.07 Å². The van der Waals surface area contributed by atoms with Gasteiger partial charge in [-0.15, -0.1) is 0 Å². The lowest BCUT2D eigenvalue weighted by molar-refractivity contribution is 0.102. The minimum atomic E-state index is -0.700. The van der Waals surface area contributed by atoms with Gasteiger partial charge in [0.25, 0.3) is 5.91 Å². The Hall–Kier alpha value is -2.43. The van der Waals surface area contributed by atoms with Crippen LogP contribution in [0.4, 0.5) is 20.2 Å². The number of hydrogen-bond acceptors (Lipinski definition) is 2. The molecule has 1 amide bonds.